The lowest BCUT2D eigenvalue weighted by molar-refractivity contribution is 1.11. The first-order chi connectivity index (χ1) is 7.22. The predicted octanol–water partition coefficient (Wildman–Crippen LogP) is 3.78. The number of aliphatic imine (C=N–C) groups is 1. The van der Waals surface area contributed by atoms with Gasteiger partial charge in [-0.25, -0.2) is 0 Å². The van der Waals surface area contributed by atoms with Gasteiger partial charge in [0.05, 0.1) is 0 Å². The summed E-state index contributed by atoms with van der Waals surface area (Å²) in [6, 6.07) is 6.42. The molecule has 0 aliphatic heterocycles. The molecule has 1 nitrogen and oxygen atoms in total. The van der Waals surface area contributed by atoms with E-state index in [1.807, 2.05) is 0 Å². The van der Waals surface area contributed by atoms with Gasteiger partial charge >= 0.3 is 0 Å². The minimum atomic E-state index is 1.01. The molecular weight excluding hydrogens is 182 g/mol. The highest BCUT2D eigenvalue weighted by Gasteiger charge is 2.00. The van der Waals surface area contributed by atoms with Crippen molar-refractivity contribution in [3.05, 3.63) is 53.7 Å². The van der Waals surface area contributed by atoms with Gasteiger partial charge in [0, 0.05) is 6.20 Å². The topological polar surface area (TPSA) is 12.4 Å². The van der Waals surface area contributed by atoms with Crippen LogP contribution in [-0.4, -0.2) is 6.72 Å². The molecule has 0 spiro atoms. The Morgan fingerprint density at radius 2 is 2.20 bits per heavy atom. The van der Waals surface area contributed by atoms with E-state index >= 15 is 0 Å². The highest BCUT2D eigenvalue weighted by atomic mass is 14.6. The summed E-state index contributed by atoms with van der Waals surface area (Å²) in [5.74, 6) is 0. The second-order valence-electron chi connectivity index (χ2n) is 3.47. The second-order valence-corrected chi connectivity index (χ2v) is 3.47. The van der Waals surface area contributed by atoms with E-state index in [4.69, 9.17) is 0 Å². The molecule has 0 aliphatic rings. The van der Waals surface area contributed by atoms with Crippen LogP contribution in [-0.2, 0) is 6.42 Å². The Labute approximate surface area is 91.9 Å². The van der Waals surface area contributed by atoms with E-state index in [9.17, 15) is 0 Å². The zero-order chi connectivity index (χ0) is 11.3. The summed E-state index contributed by atoms with van der Waals surface area (Å²) < 4.78 is 0. The Morgan fingerprint density at radius 1 is 1.47 bits per heavy atom. The van der Waals surface area contributed by atoms with E-state index in [2.05, 4.69) is 50.3 Å². The Balaban J connectivity index is 3.16. The summed E-state index contributed by atoms with van der Waals surface area (Å²) in [5, 5.41) is 0. The number of rotatable bonds is 4. The van der Waals surface area contributed by atoms with Crippen LogP contribution in [0.25, 0.3) is 5.57 Å². The molecule has 0 unspecified atom stereocenters. The summed E-state index contributed by atoms with van der Waals surface area (Å²) in [6.07, 6.45) is 4.60. The molecule has 0 radical (unpaired) electrons. The third kappa shape index (κ3) is 2.66. The SMILES string of the molecule is C=C/C(=C\N=C)c1ccc(CC)c(C)c1. The smallest absolute Gasteiger partial charge is 0.0338 e. The van der Waals surface area contributed by atoms with Crippen molar-refractivity contribution < 1.29 is 0 Å². The van der Waals surface area contributed by atoms with Gasteiger partial charge in [0.15, 0.2) is 0 Å². The first-order valence-corrected chi connectivity index (χ1v) is 5.11. The molecule has 0 amide bonds. The molecular formula is C14H17N. The van der Waals surface area contributed by atoms with Crippen LogP contribution in [0.3, 0.4) is 0 Å². The van der Waals surface area contributed by atoms with Gasteiger partial charge < -0.3 is 0 Å². The lowest BCUT2D eigenvalue weighted by Gasteiger charge is -2.06. The van der Waals surface area contributed by atoms with Crippen molar-refractivity contribution in [2.75, 3.05) is 0 Å². The molecule has 0 heterocycles. The average Bonchev–Trinajstić information content (AvgIpc) is 2.25. The summed E-state index contributed by atoms with van der Waals surface area (Å²) in [6.45, 7) is 11.5. The van der Waals surface area contributed by atoms with E-state index < -0.39 is 0 Å². The fourth-order valence-corrected chi connectivity index (χ4v) is 1.62. The van der Waals surface area contributed by atoms with Crippen molar-refractivity contribution in [1.29, 1.82) is 0 Å². The summed E-state index contributed by atoms with van der Waals surface area (Å²) >= 11 is 0. The van der Waals surface area contributed by atoms with Crippen molar-refractivity contribution in [3.8, 4) is 0 Å². The molecule has 0 N–H and O–H groups in total. The van der Waals surface area contributed by atoms with Crippen LogP contribution in [0.4, 0.5) is 0 Å². The quantitative estimate of drug-likeness (QED) is 0.517. The zero-order valence-corrected chi connectivity index (χ0v) is 9.46. The van der Waals surface area contributed by atoms with Crippen LogP contribution >= 0.6 is 0 Å². The molecule has 1 rings (SSSR count). The predicted molar refractivity (Wildman–Crippen MR) is 68.3 cm³/mol. The van der Waals surface area contributed by atoms with E-state index in [1.165, 1.54) is 11.1 Å². The van der Waals surface area contributed by atoms with E-state index in [0.717, 1.165) is 17.6 Å². The lowest BCUT2D eigenvalue weighted by Crippen LogP contribution is -1.89. The number of nitrogens with zero attached hydrogens (tertiary/aromatic N) is 1. The lowest BCUT2D eigenvalue weighted by atomic mass is 9.99. The van der Waals surface area contributed by atoms with E-state index in [1.54, 1.807) is 12.3 Å². The Hall–Kier alpha value is -1.63. The van der Waals surface area contributed by atoms with Gasteiger partial charge in [-0.15, -0.1) is 0 Å². The highest BCUT2D eigenvalue weighted by Crippen LogP contribution is 2.19. The normalized spacial score (nSPS) is 11.2. The molecule has 78 valence electrons. The maximum absolute atomic E-state index is 3.77. The van der Waals surface area contributed by atoms with Crippen LogP contribution in [0.1, 0.15) is 23.6 Å². The summed E-state index contributed by atoms with van der Waals surface area (Å²) in [7, 11) is 0. The average molecular weight is 199 g/mol. The van der Waals surface area contributed by atoms with Gasteiger partial charge in [0.25, 0.3) is 0 Å². The first-order valence-electron chi connectivity index (χ1n) is 5.11. The van der Waals surface area contributed by atoms with Crippen molar-refractivity contribution >= 4 is 12.3 Å². The molecule has 1 aromatic rings. The van der Waals surface area contributed by atoms with E-state index in [-0.39, 0.29) is 0 Å². The van der Waals surface area contributed by atoms with Crippen molar-refractivity contribution in [3.63, 3.8) is 0 Å². The first kappa shape index (κ1) is 11.4. The molecule has 0 saturated heterocycles. The Kier molecular flexibility index (Phi) is 4.04. The molecule has 0 saturated carbocycles. The van der Waals surface area contributed by atoms with Crippen LogP contribution in [0.2, 0.25) is 0 Å². The molecule has 1 heteroatoms. The van der Waals surface area contributed by atoms with Gasteiger partial charge in [-0.1, -0.05) is 37.8 Å². The second kappa shape index (κ2) is 5.30. The monoisotopic (exact) mass is 199 g/mol. The van der Waals surface area contributed by atoms with Gasteiger partial charge in [-0.05, 0) is 42.3 Å². The fraction of sp³-hybridized carbons (Fsp3) is 0.214. The van der Waals surface area contributed by atoms with Crippen LogP contribution in [0, 0.1) is 6.92 Å². The third-order valence-electron chi connectivity index (χ3n) is 2.51. The van der Waals surface area contributed by atoms with Gasteiger partial charge in [0.2, 0.25) is 0 Å². The minimum Gasteiger partial charge on any atom is -0.272 e. The van der Waals surface area contributed by atoms with Crippen LogP contribution in [0.15, 0.2) is 42.0 Å². The van der Waals surface area contributed by atoms with Gasteiger partial charge in [-0.2, -0.15) is 0 Å². The van der Waals surface area contributed by atoms with Crippen LogP contribution < -0.4 is 0 Å². The van der Waals surface area contributed by atoms with Crippen molar-refractivity contribution in [2.45, 2.75) is 20.3 Å². The minimum absolute atomic E-state index is 1.01. The fourth-order valence-electron chi connectivity index (χ4n) is 1.62. The maximum Gasteiger partial charge on any atom is 0.0338 e. The maximum atomic E-state index is 3.77. The molecule has 1 aromatic carbocycles. The molecule has 0 bridgehead atoms. The number of benzene rings is 1. The summed E-state index contributed by atoms with van der Waals surface area (Å²) in [5.41, 5.74) is 4.85. The van der Waals surface area contributed by atoms with Gasteiger partial charge in [0.1, 0.15) is 0 Å². The number of hydrogen-bond acceptors (Lipinski definition) is 1. The third-order valence-corrected chi connectivity index (χ3v) is 2.51. The number of hydrogen-bond donors (Lipinski definition) is 0. The highest BCUT2D eigenvalue weighted by molar-refractivity contribution is 5.74. The molecule has 0 atom stereocenters. The summed E-state index contributed by atoms with van der Waals surface area (Å²) in [4.78, 5) is 3.77. The number of aryl methyl sites for hydroxylation is 2. The molecule has 0 aliphatic carbocycles. The Morgan fingerprint density at radius 3 is 2.67 bits per heavy atom. The van der Waals surface area contributed by atoms with Crippen molar-refractivity contribution in [1.82, 2.24) is 0 Å². The molecule has 15 heavy (non-hydrogen) atoms. The van der Waals surface area contributed by atoms with Crippen molar-refractivity contribution in [2.24, 2.45) is 4.99 Å². The molecule has 0 fully saturated rings. The largest absolute Gasteiger partial charge is 0.272 e. The molecule has 0 aromatic heterocycles. The van der Waals surface area contributed by atoms with Gasteiger partial charge in [-0.3, -0.25) is 4.99 Å². The standard InChI is InChI=1S/C14H17N/c1-5-12-7-8-14(9-11(12)3)13(6-2)10-15-4/h6-10H,2,4-5H2,1,3H3/b13-10+. The Bertz CT molecular complexity index is 400. The van der Waals surface area contributed by atoms with E-state index in [0.29, 0.717) is 0 Å². The zero-order valence-electron chi connectivity index (χ0n) is 9.46. The number of allylic oxidation sites excluding steroid dienone is 2. The van der Waals surface area contributed by atoms with Crippen LogP contribution in [0.5, 0.6) is 0 Å².